The van der Waals surface area contributed by atoms with Gasteiger partial charge in [0.2, 0.25) is 11.6 Å². The summed E-state index contributed by atoms with van der Waals surface area (Å²) >= 11 is 0. The Morgan fingerprint density at radius 1 is 0.970 bits per heavy atom. The molecule has 0 fully saturated rings. The molecule has 1 aliphatic heterocycles. The first-order valence-corrected chi connectivity index (χ1v) is 9.60. The zero-order chi connectivity index (χ0) is 23.5. The summed E-state index contributed by atoms with van der Waals surface area (Å²) in [5.74, 6) is -0.339. The average Bonchev–Trinajstić information content (AvgIpc) is 3.14. The lowest BCUT2D eigenvalue weighted by Gasteiger charge is -2.07. The van der Waals surface area contributed by atoms with E-state index in [9.17, 15) is 25.0 Å². The molecule has 164 valence electrons. The van der Waals surface area contributed by atoms with Gasteiger partial charge in [0.25, 0.3) is 5.69 Å². The number of non-ortho nitro benzene ring substituents is 1. The summed E-state index contributed by atoms with van der Waals surface area (Å²) in [4.78, 5) is 37.2. The summed E-state index contributed by atoms with van der Waals surface area (Å²) in [6.07, 6.45) is 1.50. The number of benzene rings is 3. The zero-order valence-corrected chi connectivity index (χ0v) is 17.1. The Kier molecular flexibility index (Phi) is 5.64. The van der Waals surface area contributed by atoms with E-state index < -0.39 is 27.2 Å². The Balaban J connectivity index is 1.61. The van der Waals surface area contributed by atoms with Gasteiger partial charge in [-0.3, -0.25) is 20.2 Å². The fraction of sp³-hybridized carbons (Fsp3) is 0.0435. The van der Waals surface area contributed by atoms with Crippen LogP contribution < -0.4 is 4.74 Å². The number of carbonyl (C=O) groups is 1. The number of nitro groups is 2. The molecule has 0 saturated carbocycles. The van der Waals surface area contributed by atoms with Crippen LogP contribution in [-0.2, 0) is 9.53 Å². The Labute approximate surface area is 186 Å². The molecule has 0 saturated heterocycles. The van der Waals surface area contributed by atoms with Crippen molar-refractivity contribution < 1.29 is 24.1 Å². The number of aliphatic imine (C=N–C) groups is 1. The van der Waals surface area contributed by atoms with E-state index in [1.807, 2.05) is 19.1 Å². The molecule has 0 amide bonds. The monoisotopic (exact) mass is 445 g/mol. The molecule has 10 nitrogen and oxygen atoms in total. The van der Waals surface area contributed by atoms with Crippen LogP contribution in [0.3, 0.4) is 0 Å². The van der Waals surface area contributed by atoms with Crippen LogP contribution in [0.2, 0.25) is 0 Å². The van der Waals surface area contributed by atoms with Crippen molar-refractivity contribution in [1.29, 1.82) is 0 Å². The third-order valence-corrected chi connectivity index (χ3v) is 4.66. The zero-order valence-electron chi connectivity index (χ0n) is 17.1. The molecule has 0 aromatic heterocycles. The second kappa shape index (κ2) is 8.71. The molecule has 0 N–H and O–H groups in total. The van der Waals surface area contributed by atoms with Crippen LogP contribution in [0, 0.1) is 27.2 Å². The normalized spacial score (nSPS) is 14.0. The van der Waals surface area contributed by atoms with Gasteiger partial charge < -0.3 is 9.47 Å². The maximum absolute atomic E-state index is 12.2. The molecule has 0 atom stereocenters. The highest BCUT2D eigenvalue weighted by molar-refractivity contribution is 6.12. The summed E-state index contributed by atoms with van der Waals surface area (Å²) in [6, 6.07) is 16.9. The lowest BCUT2D eigenvalue weighted by atomic mass is 10.1. The van der Waals surface area contributed by atoms with Crippen LogP contribution in [0.1, 0.15) is 16.7 Å². The van der Waals surface area contributed by atoms with Crippen molar-refractivity contribution in [2.75, 3.05) is 0 Å². The van der Waals surface area contributed by atoms with Gasteiger partial charge in [0.15, 0.2) is 5.70 Å². The minimum atomic E-state index is -0.760. The van der Waals surface area contributed by atoms with E-state index in [1.165, 1.54) is 6.08 Å². The van der Waals surface area contributed by atoms with Gasteiger partial charge in [-0.1, -0.05) is 29.8 Å². The minimum absolute atomic E-state index is 0.0871. The third-order valence-electron chi connectivity index (χ3n) is 4.66. The van der Waals surface area contributed by atoms with Crippen molar-refractivity contribution >= 4 is 29.3 Å². The quantitative estimate of drug-likeness (QED) is 0.227. The number of carbonyl (C=O) groups excluding carboxylic acids is 1. The van der Waals surface area contributed by atoms with Crippen LogP contribution >= 0.6 is 0 Å². The van der Waals surface area contributed by atoms with Crippen molar-refractivity contribution in [1.82, 2.24) is 0 Å². The number of nitrogens with zero attached hydrogens (tertiary/aromatic N) is 3. The first-order chi connectivity index (χ1) is 15.8. The number of aryl methyl sites for hydroxylation is 1. The predicted molar refractivity (Wildman–Crippen MR) is 118 cm³/mol. The molecule has 0 radical (unpaired) electrons. The third kappa shape index (κ3) is 4.74. The van der Waals surface area contributed by atoms with Gasteiger partial charge in [0.1, 0.15) is 5.75 Å². The van der Waals surface area contributed by atoms with Crippen LogP contribution in [0.4, 0.5) is 11.4 Å². The van der Waals surface area contributed by atoms with Gasteiger partial charge in [0.05, 0.1) is 15.9 Å². The van der Waals surface area contributed by atoms with E-state index in [-0.39, 0.29) is 23.1 Å². The predicted octanol–water partition coefficient (Wildman–Crippen LogP) is 4.95. The van der Waals surface area contributed by atoms with Gasteiger partial charge in [-0.15, -0.1) is 0 Å². The molecule has 3 aromatic carbocycles. The highest BCUT2D eigenvalue weighted by Gasteiger charge is 2.24. The topological polar surface area (TPSA) is 134 Å². The molecule has 33 heavy (non-hydrogen) atoms. The Hall–Kier alpha value is -4.86. The molecular formula is C23H15N3O7. The van der Waals surface area contributed by atoms with Gasteiger partial charge >= 0.3 is 11.7 Å². The first-order valence-electron chi connectivity index (χ1n) is 9.60. The molecule has 10 heteroatoms. The average molecular weight is 445 g/mol. The highest BCUT2D eigenvalue weighted by atomic mass is 16.6. The molecule has 4 rings (SSSR count). The molecular weight excluding hydrogens is 430 g/mol. The summed E-state index contributed by atoms with van der Waals surface area (Å²) in [5.41, 5.74) is 1.39. The Bertz CT molecular complexity index is 1340. The number of esters is 1. The summed E-state index contributed by atoms with van der Waals surface area (Å²) < 4.78 is 10.8. The Morgan fingerprint density at radius 2 is 1.73 bits per heavy atom. The smallest absolute Gasteiger partial charge is 0.363 e. The lowest BCUT2D eigenvalue weighted by Crippen LogP contribution is -2.05. The van der Waals surface area contributed by atoms with Crippen LogP contribution in [-0.4, -0.2) is 21.7 Å². The summed E-state index contributed by atoms with van der Waals surface area (Å²) in [5, 5.41) is 22.2. The van der Waals surface area contributed by atoms with Crippen molar-refractivity contribution in [2.24, 2.45) is 4.99 Å². The van der Waals surface area contributed by atoms with Crippen molar-refractivity contribution in [3.63, 3.8) is 0 Å². The number of cyclic esters (lactones) is 1. The van der Waals surface area contributed by atoms with E-state index in [0.29, 0.717) is 11.1 Å². The highest BCUT2D eigenvalue weighted by Crippen LogP contribution is 2.34. The van der Waals surface area contributed by atoms with E-state index in [4.69, 9.17) is 9.47 Å². The molecule has 0 aliphatic carbocycles. The van der Waals surface area contributed by atoms with E-state index >= 15 is 0 Å². The molecule has 0 spiro atoms. The van der Waals surface area contributed by atoms with Gasteiger partial charge in [-0.25, -0.2) is 9.79 Å². The van der Waals surface area contributed by atoms with E-state index in [0.717, 1.165) is 23.8 Å². The molecule has 0 unspecified atom stereocenters. The first kappa shape index (κ1) is 21.4. The van der Waals surface area contributed by atoms with Crippen molar-refractivity contribution in [3.8, 4) is 11.5 Å². The number of hydrogen-bond donors (Lipinski definition) is 0. The number of nitro benzene ring substituents is 2. The Morgan fingerprint density at radius 3 is 2.42 bits per heavy atom. The maximum atomic E-state index is 12.2. The molecule has 1 aliphatic rings. The number of hydrogen-bond acceptors (Lipinski definition) is 8. The van der Waals surface area contributed by atoms with E-state index in [2.05, 4.69) is 4.99 Å². The van der Waals surface area contributed by atoms with Crippen molar-refractivity contribution in [3.05, 3.63) is 109 Å². The minimum Gasteiger partial charge on any atom is -0.450 e. The summed E-state index contributed by atoms with van der Waals surface area (Å²) in [7, 11) is 0. The standard InChI is InChI=1S/C23H15N3O7/c1-14-5-7-16(8-6-14)22-24-19(23(27)33-22)12-15-3-2-4-18(11-15)32-21-10-9-17(25(28)29)13-20(21)26(30)31/h2-13H,1H3/b19-12+. The number of rotatable bonds is 6. The molecule has 1 heterocycles. The van der Waals surface area contributed by atoms with Gasteiger partial charge in [0, 0.05) is 11.6 Å². The van der Waals surface area contributed by atoms with Crippen molar-refractivity contribution in [2.45, 2.75) is 6.92 Å². The molecule has 0 bridgehead atoms. The van der Waals surface area contributed by atoms with E-state index in [1.54, 1.807) is 36.4 Å². The molecule has 3 aromatic rings. The fourth-order valence-electron chi connectivity index (χ4n) is 3.03. The number of ether oxygens (including phenoxy) is 2. The van der Waals surface area contributed by atoms with Crippen LogP contribution in [0.25, 0.3) is 6.08 Å². The maximum Gasteiger partial charge on any atom is 0.363 e. The van der Waals surface area contributed by atoms with Gasteiger partial charge in [-0.05, 0) is 48.9 Å². The summed E-state index contributed by atoms with van der Waals surface area (Å²) in [6.45, 7) is 1.94. The SMILES string of the molecule is Cc1ccc(C2=N/C(=C/c3cccc(Oc4ccc([N+](=O)[O-])cc4[N+](=O)[O-])c3)C(=O)O2)cc1. The largest absolute Gasteiger partial charge is 0.450 e. The van der Waals surface area contributed by atoms with Gasteiger partial charge in [-0.2, -0.15) is 0 Å². The van der Waals surface area contributed by atoms with Crippen LogP contribution in [0.5, 0.6) is 11.5 Å². The fourth-order valence-corrected chi connectivity index (χ4v) is 3.03. The van der Waals surface area contributed by atoms with Crippen LogP contribution in [0.15, 0.2) is 77.4 Å². The lowest BCUT2D eigenvalue weighted by molar-refractivity contribution is -0.394. The second-order valence-electron chi connectivity index (χ2n) is 7.04. The second-order valence-corrected chi connectivity index (χ2v) is 7.04.